The van der Waals surface area contributed by atoms with Gasteiger partial charge in [0.1, 0.15) is 0 Å². The van der Waals surface area contributed by atoms with Crippen molar-refractivity contribution in [2.75, 3.05) is 32.1 Å². The van der Waals surface area contributed by atoms with Gasteiger partial charge in [-0.2, -0.15) is 5.10 Å². The van der Waals surface area contributed by atoms with Crippen LogP contribution < -0.4 is 4.90 Å². The molecule has 1 aromatic rings. The van der Waals surface area contributed by atoms with Crippen molar-refractivity contribution in [1.29, 1.82) is 0 Å². The highest BCUT2D eigenvalue weighted by Gasteiger charge is 2.19. The molecule has 4 heteroatoms. The van der Waals surface area contributed by atoms with Gasteiger partial charge in [-0.15, -0.1) is 5.10 Å². The van der Waals surface area contributed by atoms with E-state index in [4.69, 9.17) is 0 Å². The Kier molecular flexibility index (Phi) is 4.75. The molecule has 0 bridgehead atoms. The SMILES string of the molecule is Cc1cnnc(N(C)CCN(C)C2CCCC2)c1C. The molecule has 1 aromatic heterocycles. The summed E-state index contributed by atoms with van der Waals surface area (Å²) in [6.45, 7) is 6.31. The van der Waals surface area contributed by atoms with Gasteiger partial charge in [0, 0.05) is 26.2 Å². The minimum absolute atomic E-state index is 0.790. The van der Waals surface area contributed by atoms with E-state index in [1.54, 1.807) is 0 Å². The van der Waals surface area contributed by atoms with Crippen LogP contribution in [-0.4, -0.2) is 48.3 Å². The molecule has 0 spiro atoms. The largest absolute Gasteiger partial charge is 0.357 e. The van der Waals surface area contributed by atoms with Gasteiger partial charge in [0.05, 0.1) is 6.20 Å². The van der Waals surface area contributed by atoms with E-state index in [0.717, 1.165) is 24.9 Å². The molecule has 0 aromatic carbocycles. The predicted octanol–water partition coefficient (Wildman–Crippen LogP) is 2.40. The topological polar surface area (TPSA) is 32.3 Å². The van der Waals surface area contributed by atoms with E-state index in [1.807, 2.05) is 6.20 Å². The van der Waals surface area contributed by atoms with Gasteiger partial charge < -0.3 is 9.80 Å². The number of aromatic nitrogens is 2. The molecule has 1 saturated carbocycles. The van der Waals surface area contributed by atoms with Crippen LogP contribution >= 0.6 is 0 Å². The maximum Gasteiger partial charge on any atom is 0.154 e. The molecule has 4 nitrogen and oxygen atoms in total. The van der Waals surface area contributed by atoms with Gasteiger partial charge in [0.15, 0.2) is 5.82 Å². The van der Waals surface area contributed by atoms with Gasteiger partial charge in [-0.3, -0.25) is 0 Å². The number of likely N-dealkylation sites (N-methyl/N-ethyl adjacent to an activating group) is 2. The van der Waals surface area contributed by atoms with Crippen molar-refractivity contribution in [3.63, 3.8) is 0 Å². The number of anilines is 1. The molecule has 2 rings (SSSR count). The molecule has 0 unspecified atom stereocenters. The standard InChI is InChI=1S/C15H26N4/c1-12-11-16-17-15(13(12)2)19(4)10-9-18(3)14-7-5-6-8-14/h11,14H,5-10H2,1-4H3. The summed E-state index contributed by atoms with van der Waals surface area (Å²) in [4.78, 5) is 4.73. The Hall–Kier alpha value is -1.16. The Morgan fingerprint density at radius 3 is 2.53 bits per heavy atom. The number of aryl methyl sites for hydroxylation is 1. The molecule has 1 aliphatic rings. The van der Waals surface area contributed by atoms with E-state index >= 15 is 0 Å². The molecule has 0 radical (unpaired) electrons. The summed E-state index contributed by atoms with van der Waals surface area (Å²) >= 11 is 0. The van der Waals surface area contributed by atoms with E-state index in [9.17, 15) is 0 Å². The van der Waals surface area contributed by atoms with E-state index in [-0.39, 0.29) is 0 Å². The normalized spacial score (nSPS) is 16.3. The predicted molar refractivity (Wildman–Crippen MR) is 79.7 cm³/mol. The van der Waals surface area contributed by atoms with E-state index in [2.05, 4.69) is 47.9 Å². The van der Waals surface area contributed by atoms with Crippen LogP contribution in [0, 0.1) is 13.8 Å². The molecule has 1 heterocycles. The summed E-state index contributed by atoms with van der Waals surface area (Å²) in [5.41, 5.74) is 2.45. The fourth-order valence-electron chi connectivity index (χ4n) is 2.82. The lowest BCUT2D eigenvalue weighted by atomic mass is 10.2. The quantitative estimate of drug-likeness (QED) is 0.815. The average Bonchev–Trinajstić information content (AvgIpc) is 2.93. The first-order valence-electron chi connectivity index (χ1n) is 7.30. The third-order valence-electron chi connectivity index (χ3n) is 4.43. The van der Waals surface area contributed by atoms with Gasteiger partial charge in [0.25, 0.3) is 0 Å². The average molecular weight is 262 g/mol. The third-order valence-corrected chi connectivity index (χ3v) is 4.43. The second-order valence-corrected chi connectivity index (χ2v) is 5.82. The lowest BCUT2D eigenvalue weighted by Gasteiger charge is -2.27. The van der Waals surface area contributed by atoms with E-state index in [1.165, 1.54) is 36.8 Å². The van der Waals surface area contributed by atoms with Crippen molar-refractivity contribution in [3.05, 3.63) is 17.3 Å². The minimum atomic E-state index is 0.790. The Morgan fingerprint density at radius 2 is 1.84 bits per heavy atom. The van der Waals surface area contributed by atoms with Gasteiger partial charge in [0.2, 0.25) is 0 Å². The van der Waals surface area contributed by atoms with Crippen LogP contribution in [0.15, 0.2) is 6.20 Å². The zero-order chi connectivity index (χ0) is 13.8. The summed E-state index contributed by atoms with van der Waals surface area (Å²) in [6, 6.07) is 0.790. The van der Waals surface area contributed by atoms with E-state index < -0.39 is 0 Å². The van der Waals surface area contributed by atoms with Crippen molar-refractivity contribution in [3.8, 4) is 0 Å². The minimum Gasteiger partial charge on any atom is -0.357 e. The Bertz CT molecular complexity index is 413. The second kappa shape index (κ2) is 6.33. The molecule has 19 heavy (non-hydrogen) atoms. The van der Waals surface area contributed by atoms with Gasteiger partial charge in [-0.1, -0.05) is 12.8 Å². The molecule has 0 atom stereocenters. The molecule has 0 saturated heterocycles. The fraction of sp³-hybridized carbons (Fsp3) is 0.733. The third kappa shape index (κ3) is 3.44. The highest BCUT2D eigenvalue weighted by molar-refractivity contribution is 5.47. The molecule has 0 N–H and O–H groups in total. The number of nitrogens with zero attached hydrogens (tertiary/aromatic N) is 4. The smallest absolute Gasteiger partial charge is 0.154 e. The van der Waals surface area contributed by atoms with E-state index in [0.29, 0.717) is 0 Å². The Labute approximate surface area is 116 Å². The van der Waals surface area contributed by atoms with Crippen LogP contribution in [0.2, 0.25) is 0 Å². The molecule has 1 fully saturated rings. The highest BCUT2D eigenvalue weighted by atomic mass is 15.3. The molecule has 1 aliphatic carbocycles. The van der Waals surface area contributed by atoms with Crippen molar-refractivity contribution < 1.29 is 0 Å². The monoisotopic (exact) mass is 262 g/mol. The first-order chi connectivity index (χ1) is 9.09. The van der Waals surface area contributed by atoms with Crippen LogP contribution in [0.25, 0.3) is 0 Å². The number of hydrogen-bond acceptors (Lipinski definition) is 4. The Balaban J connectivity index is 1.90. The zero-order valence-electron chi connectivity index (χ0n) is 12.7. The molecule has 0 amide bonds. The first kappa shape index (κ1) is 14.3. The van der Waals surface area contributed by atoms with Gasteiger partial charge in [-0.25, -0.2) is 0 Å². The molecular formula is C15H26N4. The lowest BCUT2D eigenvalue weighted by molar-refractivity contribution is 0.251. The van der Waals surface area contributed by atoms with Crippen LogP contribution in [0.3, 0.4) is 0 Å². The maximum absolute atomic E-state index is 4.27. The van der Waals surface area contributed by atoms with Crippen molar-refractivity contribution in [1.82, 2.24) is 15.1 Å². The highest BCUT2D eigenvalue weighted by Crippen LogP contribution is 2.22. The van der Waals surface area contributed by atoms with Crippen LogP contribution in [-0.2, 0) is 0 Å². The van der Waals surface area contributed by atoms with Crippen LogP contribution in [0.5, 0.6) is 0 Å². The second-order valence-electron chi connectivity index (χ2n) is 5.82. The van der Waals surface area contributed by atoms with Crippen LogP contribution in [0.4, 0.5) is 5.82 Å². The summed E-state index contributed by atoms with van der Waals surface area (Å²) in [6.07, 6.45) is 7.35. The Morgan fingerprint density at radius 1 is 1.16 bits per heavy atom. The first-order valence-corrected chi connectivity index (χ1v) is 7.30. The maximum atomic E-state index is 4.27. The molecule has 0 aliphatic heterocycles. The summed E-state index contributed by atoms with van der Waals surface area (Å²) in [5, 5.41) is 8.34. The van der Waals surface area contributed by atoms with Crippen LogP contribution in [0.1, 0.15) is 36.8 Å². The molecule has 106 valence electrons. The molecular weight excluding hydrogens is 236 g/mol. The summed E-state index contributed by atoms with van der Waals surface area (Å²) < 4.78 is 0. The van der Waals surface area contributed by atoms with Crippen molar-refractivity contribution in [2.24, 2.45) is 0 Å². The van der Waals surface area contributed by atoms with Crippen molar-refractivity contribution in [2.45, 2.75) is 45.6 Å². The van der Waals surface area contributed by atoms with Crippen molar-refractivity contribution >= 4 is 5.82 Å². The van der Waals surface area contributed by atoms with Gasteiger partial charge in [-0.05, 0) is 44.9 Å². The fourth-order valence-corrected chi connectivity index (χ4v) is 2.82. The summed E-state index contributed by atoms with van der Waals surface area (Å²) in [7, 11) is 4.36. The zero-order valence-corrected chi connectivity index (χ0v) is 12.7. The number of hydrogen-bond donors (Lipinski definition) is 0. The van der Waals surface area contributed by atoms with Gasteiger partial charge >= 0.3 is 0 Å². The lowest BCUT2D eigenvalue weighted by Crippen LogP contribution is -2.36. The summed E-state index contributed by atoms with van der Waals surface area (Å²) in [5.74, 6) is 1.01. The number of rotatable bonds is 5.